The summed E-state index contributed by atoms with van der Waals surface area (Å²) in [5.74, 6) is 1.40. The molecule has 0 spiro atoms. The Bertz CT molecular complexity index is 956. The van der Waals surface area contributed by atoms with Gasteiger partial charge in [0, 0.05) is 17.8 Å². The van der Waals surface area contributed by atoms with E-state index in [9.17, 15) is 8.42 Å². The van der Waals surface area contributed by atoms with Gasteiger partial charge < -0.3 is 14.8 Å². The van der Waals surface area contributed by atoms with Crippen LogP contribution in [0.2, 0.25) is 0 Å². The summed E-state index contributed by atoms with van der Waals surface area (Å²) in [5, 5.41) is 8.90. The summed E-state index contributed by atoms with van der Waals surface area (Å²) in [6, 6.07) is 9.90. The molecule has 4 rings (SSSR count). The molecule has 9 heteroatoms. The van der Waals surface area contributed by atoms with Gasteiger partial charge >= 0.3 is 0 Å². The zero-order chi connectivity index (χ0) is 16.0. The minimum atomic E-state index is -3.69. The van der Waals surface area contributed by atoms with E-state index in [-0.39, 0.29) is 11.7 Å². The number of nitrogens with one attached hydrogen (secondary N) is 1. The highest BCUT2D eigenvalue weighted by molar-refractivity contribution is 7.89. The summed E-state index contributed by atoms with van der Waals surface area (Å²) in [6.07, 6.45) is 0. The molecule has 2 aromatic carbocycles. The van der Waals surface area contributed by atoms with Crippen LogP contribution in [0.15, 0.2) is 41.3 Å². The summed E-state index contributed by atoms with van der Waals surface area (Å²) in [4.78, 5) is 4.55. The molecule has 0 atom stereocenters. The second-order valence-corrected chi connectivity index (χ2v) is 7.48. The van der Waals surface area contributed by atoms with Crippen LogP contribution >= 0.6 is 11.3 Å². The van der Waals surface area contributed by atoms with Crippen molar-refractivity contribution in [2.45, 2.75) is 4.90 Å². The third kappa shape index (κ3) is 2.69. The molecule has 1 aliphatic heterocycles. The number of nitrogens with two attached hydrogens (primary N) is 1. The molecule has 0 saturated heterocycles. The van der Waals surface area contributed by atoms with Crippen LogP contribution in [-0.4, -0.2) is 20.2 Å². The van der Waals surface area contributed by atoms with Crippen molar-refractivity contribution in [2.75, 3.05) is 12.1 Å². The Hall–Kier alpha value is -2.36. The van der Waals surface area contributed by atoms with Gasteiger partial charge in [0.25, 0.3) is 0 Å². The van der Waals surface area contributed by atoms with Crippen molar-refractivity contribution in [1.29, 1.82) is 0 Å². The summed E-state index contributed by atoms with van der Waals surface area (Å²) in [5.41, 5.74) is 1.53. The maximum Gasteiger partial charge on any atom is 0.238 e. The van der Waals surface area contributed by atoms with Gasteiger partial charge in [0.2, 0.25) is 16.8 Å². The fraction of sp³-hybridized carbons (Fsp3) is 0.0714. The van der Waals surface area contributed by atoms with Crippen molar-refractivity contribution in [3.63, 3.8) is 0 Å². The van der Waals surface area contributed by atoms with Crippen molar-refractivity contribution in [3.8, 4) is 11.5 Å². The van der Waals surface area contributed by atoms with Crippen LogP contribution in [0, 0.1) is 0 Å². The van der Waals surface area contributed by atoms with E-state index in [1.54, 1.807) is 12.1 Å². The average Bonchev–Trinajstić information content (AvgIpc) is 3.09. The Kier molecular flexibility index (Phi) is 3.15. The summed E-state index contributed by atoms with van der Waals surface area (Å²) in [6.45, 7) is 0.230. The lowest BCUT2D eigenvalue weighted by atomic mass is 10.3. The minimum Gasteiger partial charge on any atom is -0.454 e. The molecule has 23 heavy (non-hydrogen) atoms. The Morgan fingerprint density at radius 3 is 2.52 bits per heavy atom. The van der Waals surface area contributed by atoms with Crippen LogP contribution < -0.4 is 19.9 Å². The zero-order valence-corrected chi connectivity index (χ0v) is 13.3. The van der Waals surface area contributed by atoms with Crippen LogP contribution in [-0.2, 0) is 10.0 Å². The number of hydrogen-bond donors (Lipinski definition) is 2. The number of rotatable bonds is 3. The smallest absolute Gasteiger partial charge is 0.238 e. The fourth-order valence-corrected chi connectivity index (χ4v) is 3.63. The summed E-state index contributed by atoms with van der Waals surface area (Å²) < 4.78 is 34.1. The number of hydrogen-bond acceptors (Lipinski definition) is 7. The lowest BCUT2D eigenvalue weighted by Gasteiger charge is -2.03. The Morgan fingerprint density at radius 2 is 1.83 bits per heavy atom. The quantitative estimate of drug-likeness (QED) is 0.752. The van der Waals surface area contributed by atoms with Gasteiger partial charge in [-0.2, -0.15) is 0 Å². The first-order valence-corrected chi connectivity index (χ1v) is 8.95. The molecular formula is C14H11N3O4S2. The zero-order valence-electron chi connectivity index (χ0n) is 11.6. The first-order valence-electron chi connectivity index (χ1n) is 6.59. The number of thiazole rings is 1. The third-order valence-electron chi connectivity index (χ3n) is 3.32. The van der Waals surface area contributed by atoms with Gasteiger partial charge in [0.05, 0.1) is 15.1 Å². The highest BCUT2D eigenvalue weighted by Gasteiger charge is 2.16. The maximum atomic E-state index is 11.2. The van der Waals surface area contributed by atoms with E-state index >= 15 is 0 Å². The SMILES string of the molecule is NS(=O)(=O)c1ccc(Nc2nc3cc4c(cc3s2)OCO4)cc1. The molecule has 0 fully saturated rings. The predicted octanol–water partition coefficient (Wildman–Crippen LogP) is 2.42. The molecular weight excluding hydrogens is 338 g/mol. The van der Waals surface area contributed by atoms with Crippen LogP contribution in [0.3, 0.4) is 0 Å². The molecule has 3 N–H and O–H groups in total. The van der Waals surface area contributed by atoms with Gasteiger partial charge in [-0.3, -0.25) is 0 Å². The number of primary sulfonamides is 1. The van der Waals surface area contributed by atoms with Crippen LogP contribution in [0.4, 0.5) is 10.8 Å². The molecule has 0 radical (unpaired) electrons. The molecule has 3 aromatic rings. The van der Waals surface area contributed by atoms with E-state index < -0.39 is 10.0 Å². The minimum absolute atomic E-state index is 0.0677. The topological polar surface area (TPSA) is 104 Å². The molecule has 7 nitrogen and oxygen atoms in total. The first-order chi connectivity index (χ1) is 11.0. The number of anilines is 2. The molecule has 0 amide bonds. The number of benzene rings is 2. The lowest BCUT2D eigenvalue weighted by molar-refractivity contribution is 0.174. The molecule has 0 saturated carbocycles. The van der Waals surface area contributed by atoms with Gasteiger partial charge in [-0.05, 0) is 24.3 Å². The van der Waals surface area contributed by atoms with Gasteiger partial charge in [-0.15, -0.1) is 0 Å². The standard InChI is InChI=1S/C14H11N3O4S2/c15-23(18,19)9-3-1-8(2-4-9)16-14-17-10-5-11-12(21-7-20-11)6-13(10)22-14/h1-6H,7H2,(H,16,17)(H2,15,18,19). The van der Waals surface area contributed by atoms with Crippen molar-refractivity contribution < 1.29 is 17.9 Å². The van der Waals surface area contributed by atoms with E-state index in [4.69, 9.17) is 14.6 Å². The van der Waals surface area contributed by atoms with E-state index in [1.165, 1.54) is 23.5 Å². The Balaban J connectivity index is 1.62. The molecule has 118 valence electrons. The highest BCUT2D eigenvalue weighted by atomic mass is 32.2. The molecule has 0 bridgehead atoms. The molecule has 1 aliphatic rings. The van der Waals surface area contributed by atoms with Crippen LogP contribution in [0.25, 0.3) is 10.2 Å². The van der Waals surface area contributed by atoms with Crippen LogP contribution in [0.1, 0.15) is 0 Å². The Morgan fingerprint density at radius 1 is 1.13 bits per heavy atom. The monoisotopic (exact) mass is 349 g/mol. The summed E-state index contributed by atoms with van der Waals surface area (Å²) >= 11 is 1.47. The van der Waals surface area contributed by atoms with Crippen LogP contribution in [0.5, 0.6) is 11.5 Å². The number of sulfonamides is 1. The maximum absolute atomic E-state index is 11.2. The number of fused-ring (bicyclic) bond motifs is 2. The fourth-order valence-electron chi connectivity index (χ4n) is 2.22. The lowest BCUT2D eigenvalue weighted by Crippen LogP contribution is -2.11. The normalized spacial score (nSPS) is 13.4. The van der Waals surface area contributed by atoms with E-state index in [2.05, 4.69) is 10.3 Å². The van der Waals surface area contributed by atoms with Crippen molar-refractivity contribution in [1.82, 2.24) is 4.98 Å². The average molecular weight is 349 g/mol. The third-order valence-corrected chi connectivity index (χ3v) is 5.18. The second-order valence-electron chi connectivity index (χ2n) is 4.89. The Labute approximate surface area is 135 Å². The number of nitrogens with zero attached hydrogens (tertiary/aromatic N) is 1. The largest absolute Gasteiger partial charge is 0.454 e. The molecule has 0 unspecified atom stereocenters. The molecule has 2 heterocycles. The van der Waals surface area contributed by atoms with Gasteiger partial charge in [0.15, 0.2) is 16.6 Å². The summed E-state index contributed by atoms with van der Waals surface area (Å²) in [7, 11) is -3.69. The van der Waals surface area contributed by atoms with Crippen molar-refractivity contribution >= 4 is 42.4 Å². The van der Waals surface area contributed by atoms with Gasteiger partial charge in [-0.25, -0.2) is 18.5 Å². The van der Waals surface area contributed by atoms with E-state index in [0.29, 0.717) is 16.6 Å². The first kappa shape index (κ1) is 14.2. The van der Waals surface area contributed by atoms with Gasteiger partial charge in [0.1, 0.15) is 0 Å². The molecule has 1 aromatic heterocycles. The molecule has 0 aliphatic carbocycles. The number of aromatic nitrogens is 1. The van der Waals surface area contributed by atoms with Crippen molar-refractivity contribution in [2.24, 2.45) is 5.14 Å². The van der Waals surface area contributed by atoms with Crippen molar-refractivity contribution in [3.05, 3.63) is 36.4 Å². The number of ether oxygens (including phenoxy) is 2. The second kappa shape index (κ2) is 5.08. The predicted molar refractivity (Wildman–Crippen MR) is 86.8 cm³/mol. The van der Waals surface area contributed by atoms with E-state index in [1.807, 2.05) is 12.1 Å². The highest BCUT2D eigenvalue weighted by Crippen LogP contribution is 2.39. The van der Waals surface area contributed by atoms with E-state index in [0.717, 1.165) is 15.9 Å². The van der Waals surface area contributed by atoms with Gasteiger partial charge in [-0.1, -0.05) is 11.3 Å².